The Morgan fingerprint density at radius 3 is 2.45 bits per heavy atom. The summed E-state index contributed by atoms with van der Waals surface area (Å²) < 4.78 is 1.52. The van der Waals surface area contributed by atoms with Crippen LogP contribution in [0.25, 0.3) is 11.3 Å². The summed E-state index contributed by atoms with van der Waals surface area (Å²) in [6, 6.07) is 11.6. The van der Waals surface area contributed by atoms with Gasteiger partial charge in [0.25, 0.3) is 5.56 Å². The average Bonchev–Trinajstić information content (AvgIpc) is 2.41. The molecule has 0 atom stereocenters. The molecule has 2 N–H and O–H groups in total. The van der Waals surface area contributed by atoms with Crippen LogP contribution in [0.4, 0.5) is 0 Å². The molecule has 2 rings (SSSR count). The van der Waals surface area contributed by atoms with Crippen molar-refractivity contribution >= 4 is 0 Å². The Balaban J connectivity index is 2.65. The molecule has 4 nitrogen and oxygen atoms in total. The molecule has 0 spiro atoms. The highest BCUT2D eigenvalue weighted by Gasteiger charge is 2.21. The summed E-state index contributed by atoms with van der Waals surface area (Å²) in [5.74, 6) is 0. The van der Waals surface area contributed by atoms with Crippen molar-refractivity contribution in [2.24, 2.45) is 5.73 Å². The fraction of sp³-hybridized carbons (Fsp3) is 0.375. The van der Waals surface area contributed by atoms with Gasteiger partial charge in [-0.2, -0.15) is 5.10 Å². The van der Waals surface area contributed by atoms with Crippen molar-refractivity contribution in [2.75, 3.05) is 0 Å². The van der Waals surface area contributed by atoms with Gasteiger partial charge >= 0.3 is 0 Å². The number of aryl methyl sites for hydroxylation is 1. The second-order valence-corrected chi connectivity index (χ2v) is 5.56. The largest absolute Gasteiger partial charge is 0.322 e. The van der Waals surface area contributed by atoms with Gasteiger partial charge in [0.1, 0.15) is 0 Å². The number of rotatable bonds is 4. The Bertz CT molecular complexity index is 639. The highest BCUT2D eigenvalue weighted by molar-refractivity contribution is 5.59. The molecule has 106 valence electrons. The SMILES string of the molecule is CCCn1nc(-c2ccccc2)cc(C(C)(C)N)c1=O. The van der Waals surface area contributed by atoms with Crippen molar-refractivity contribution in [1.29, 1.82) is 0 Å². The van der Waals surface area contributed by atoms with Gasteiger partial charge in [-0.15, -0.1) is 0 Å². The van der Waals surface area contributed by atoms with Crippen molar-refractivity contribution in [3.05, 3.63) is 52.3 Å². The van der Waals surface area contributed by atoms with E-state index in [1.165, 1.54) is 4.68 Å². The summed E-state index contributed by atoms with van der Waals surface area (Å²) in [4.78, 5) is 12.4. The quantitative estimate of drug-likeness (QED) is 0.929. The lowest BCUT2D eigenvalue weighted by molar-refractivity contribution is 0.507. The number of hydrogen-bond acceptors (Lipinski definition) is 3. The number of nitrogens with zero attached hydrogens (tertiary/aromatic N) is 2. The Kier molecular flexibility index (Phi) is 4.04. The number of benzene rings is 1. The minimum absolute atomic E-state index is 0.0981. The molecule has 0 bridgehead atoms. The van der Waals surface area contributed by atoms with Gasteiger partial charge in [0.2, 0.25) is 0 Å². The van der Waals surface area contributed by atoms with Gasteiger partial charge < -0.3 is 5.73 Å². The first-order chi connectivity index (χ1) is 9.43. The first-order valence-corrected chi connectivity index (χ1v) is 6.90. The van der Waals surface area contributed by atoms with E-state index in [1.54, 1.807) is 0 Å². The molecule has 0 unspecified atom stereocenters. The molecule has 1 heterocycles. The van der Waals surface area contributed by atoms with Crippen LogP contribution in [0.15, 0.2) is 41.2 Å². The van der Waals surface area contributed by atoms with E-state index in [9.17, 15) is 4.79 Å². The van der Waals surface area contributed by atoms with E-state index in [0.29, 0.717) is 12.1 Å². The molecule has 0 aliphatic rings. The molecule has 2 aromatic rings. The van der Waals surface area contributed by atoms with Gasteiger partial charge in [-0.1, -0.05) is 37.3 Å². The minimum atomic E-state index is -0.682. The minimum Gasteiger partial charge on any atom is -0.322 e. The molecular formula is C16H21N3O. The molecule has 0 fully saturated rings. The summed E-state index contributed by atoms with van der Waals surface area (Å²) in [5.41, 5.74) is 7.72. The fourth-order valence-electron chi connectivity index (χ4n) is 2.12. The zero-order valence-electron chi connectivity index (χ0n) is 12.3. The summed E-state index contributed by atoms with van der Waals surface area (Å²) in [7, 11) is 0. The first-order valence-electron chi connectivity index (χ1n) is 6.90. The van der Waals surface area contributed by atoms with Gasteiger partial charge in [-0.25, -0.2) is 4.68 Å². The van der Waals surface area contributed by atoms with E-state index in [-0.39, 0.29) is 5.56 Å². The lowest BCUT2D eigenvalue weighted by Crippen LogP contribution is -2.39. The van der Waals surface area contributed by atoms with E-state index < -0.39 is 5.54 Å². The van der Waals surface area contributed by atoms with Gasteiger partial charge in [-0.3, -0.25) is 4.79 Å². The molecule has 0 aliphatic carbocycles. The fourth-order valence-corrected chi connectivity index (χ4v) is 2.12. The Morgan fingerprint density at radius 1 is 1.25 bits per heavy atom. The molecule has 4 heteroatoms. The van der Waals surface area contributed by atoms with Crippen molar-refractivity contribution in [3.63, 3.8) is 0 Å². The first kappa shape index (κ1) is 14.5. The molecule has 1 aromatic heterocycles. The highest BCUT2D eigenvalue weighted by Crippen LogP contribution is 2.20. The van der Waals surface area contributed by atoms with E-state index in [1.807, 2.05) is 57.2 Å². The van der Waals surface area contributed by atoms with Crippen LogP contribution in [0.1, 0.15) is 32.8 Å². The maximum Gasteiger partial charge on any atom is 0.271 e. The normalized spacial score (nSPS) is 11.6. The molecule has 1 aromatic carbocycles. The van der Waals surface area contributed by atoms with Crippen molar-refractivity contribution in [3.8, 4) is 11.3 Å². The zero-order chi connectivity index (χ0) is 14.8. The van der Waals surface area contributed by atoms with Crippen LogP contribution in [0, 0.1) is 0 Å². The number of aromatic nitrogens is 2. The third-order valence-corrected chi connectivity index (χ3v) is 3.17. The molecule has 0 aliphatic heterocycles. The maximum absolute atomic E-state index is 12.4. The topological polar surface area (TPSA) is 60.9 Å². The summed E-state index contributed by atoms with van der Waals surface area (Å²) >= 11 is 0. The van der Waals surface area contributed by atoms with E-state index >= 15 is 0 Å². The molecule has 0 amide bonds. The summed E-state index contributed by atoms with van der Waals surface area (Å²) in [6.07, 6.45) is 0.857. The van der Waals surface area contributed by atoms with Crippen molar-refractivity contribution < 1.29 is 0 Å². The van der Waals surface area contributed by atoms with E-state index in [4.69, 9.17) is 5.73 Å². The second kappa shape index (κ2) is 5.59. The second-order valence-electron chi connectivity index (χ2n) is 5.56. The Morgan fingerprint density at radius 2 is 1.90 bits per heavy atom. The van der Waals surface area contributed by atoms with Crippen LogP contribution in [-0.2, 0) is 12.1 Å². The van der Waals surface area contributed by atoms with Crippen LogP contribution in [0.3, 0.4) is 0 Å². The predicted octanol–water partition coefficient (Wildman–Crippen LogP) is 2.51. The lowest BCUT2D eigenvalue weighted by Gasteiger charge is -2.20. The van der Waals surface area contributed by atoms with Crippen LogP contribution in [0.2, 0.25) is 0 Å². The molecule has 0 saturated heterocycles. The summed E-state index contributed by atoms with van der Waals surface area (Å²) in [6.45, 7) is 6.31. The number of nitrogens with two attached hydrogens (primary N) is 1. The highest BCUT2D eigenvalue weighted by atomic mass is 16.1. The third kappa shape index (κ3) is 2.96. The number of hydrogen-bond donors (Lipinski definition) is 1. The van der Waals surface area contributed by atoms with Gasteiger partial charge in [-0.05, 0) is 26.3 Å². The predicted molar refractivity (Wildman–Crippen MR) is 81.4 cm³/mol. The van der Waals surface area contributed by atoms with Crippen LogP contribution in [0.5, 0.6) is 0 Å². The van der Waals surface area contributed by atoms with Gasteiger partial charge in [0.15, 0.2) is 0 Å². The van der Waals surface area contributed by atoms with Gasteiger partial charge in [0, 0.05) is 23.2 Å². The van der Waals surface area contributed by atoms with Crippen LogP contribution < -0.4 is 11.3 Å². The third-order valence-electron chi connectivity index (χ3n) is 3.17. The smallest absolute Gasteiger partial charge is 0.271 e. The van der Waals surface area contributed by atoms with Gasteiger partial charge in [0.05, 0.1) is 5.69 Å². The molecule has 0 radical (unpaired) electrons. The van der Waals surface area contributed by atoms with Crippen LogP contribution >= 0.6 is 0 Å². The maximum atomic E-state index is 12.4. The van der Waals surface area contributed by atoms with Crippen LogP contribution in [-0.4, -0.2) is 9.78 Å². The lowest BCUT2D eigenvalue weighted by atomic mass is 9.96. The van der Waals surface area contributed by atoms with Crippen molar-refractivity contribution in [2.45, 2.75) is 39.3 Å². The molecular weight excluding hydrogens is 250 g/mol. The van der Waals surface area contributed by atoms with E-state index in [0.717, 1.165) is 17.7 Å². The molecule has 20 heavy (non-hydrogen) atoms. The molecule has 0 saturated carbocycles. The summed E-state index contributed by atoms with van der Waals surface area (Å²) in [5, 5.41) is 4.46. The zero-order valence-corrected chi connectivity index (χ0v) is 12.3. The monoisotopic (exact) mass is 271 g/mol. The van der Waals surface area contributed by atoms with E-state index in [2.05, 4.69) is 5.10 Å². The standard InChI is InChI=1S/C16H21N3O/c1-4-10-19-15(20)13(16(2,3)17)11-14(18-19)12-8-6-5-7-9-12/h5-9,11H,4,10,17H2,1-3H3. The Hall–Kier alpha value is -1.94. The Labute approximate surface area is 119 Å². The van der Waals surface area contributed by atoms with Crippen molar-refractivity contribution in [1.82, 2.24) is 9.78 Å². The average molecular weight is 271 g/mol.